The van der Waals surface area contributed by atoms with Gasteiger partial charge in [-0.2, -0.15) is 11.8 Å². The Bertz CT molecular complexity index is 390. The highest BCUT2D eigenvalue weighted by Gasteiger charge is 2.19. The molecule has 1 heterocycles. The number of aromatic nitrogens is 2. The summed E-state index contributed by atoms with van der Waals surface area (Å²) in [6, 6.07) is 2.17. The maximum absolute atomic E-state index is 6.05. The van der Waals surface area contributed by atoms with Crippen molar-refractivity contribution in [2.75, 3.05) is 17.3 Å². The van der Waals surface area contributed by atoms with Gasteiger partial charge in [-0.25, -0.2) is 9.97 Å². The van der Waals surface area contributed by atoms with Crippen molar-refractivity contribution in [3.05, 3.63) is 17.0 Å². The molecule has 0 spiro atoms. The number of nitrogens with zero attached hydrogens (tertiary/aromatic N) is 2. The van der Waals surface area contributed by atoms with Crippen molar-refractivity contribution in [3.63, 3.8) is 0 Å². The van der Waals surface area contributed by atoms with Crippen LogP contribution in [0.2, 0.25) is 5.15 Å². The summed E-state index contributed by atoms with van der Waals surface area (Å²) >= 11 is 7.90. The number of halogens is 1. The fourth-order valence-corrected chi connectivity index (χ4v) is 2.22. The molecule has 0 amide bonds. The summed E-state index contributed by atoms with van der Waals surface area (Å²) in [5.74, 6) is 2.72. The Morgan fingerprint density at radius 1 is 1.39 bits per heavy atom. The second-order valence-electron chi connectivity index (χ2n) is 5.48. The first kappa shape index (κ1) is 15.6. The molecule has 1 N–H and O–H groups in total. The van der Waals surface area contributed by atoms with Crippen LogP contribution in [0.4, 0.5) is 5.82 Å². The van der Waals surface area contributed by atoms with Gasteiger partial charge in [-0.1, -0.05) is 32.4 Å². The Labute approximate surface area is 119 Å². The van der Waals surface area contributed by atoms with E-state index in [1.54, 1.807) is 6.07 Å². The summed E-state index contributed by atoms with van der Waals surface area (Å²) in [6.07, 6.45) is 3.22. The second kappa shape index (κ2) is 6.62. The van der Waals surface area contributed by atoms with E-state index in [0.29, 0.717) is 11.2 Å². The molecule has 0 aliphatic carbocycles. The van der Waals surface area contributed by atoms with Gasteiger partial charge in [0.05, 0.1) is 0 Å². The highest BCUT2D eigenvalue weighted by Crippen LogP contribution is 2.22. The smallest absolute Gasteiger partial charge is 0.137 e. The molecule has 1 rings (SSSR count). The first-order valence-electron chi connectivity index (χ1n) is 6.13. The van der Waals surface area contributed by atoms with Gasteiger partial charge in [0.15, 0.2) is 0 Å². The van der Waals surface area contributed by atoms with Crippen LogP contribution >= 0.6 is 23.4 Å². The van der Waals surface area contributed by atoms with E-state index < -0.39 is 0 Å². The van der Waals surface area contributed by atoms with Gasteiger partial charge in [-0.3, -0.25) is 0 Å². The molecule has 0 saturated heterocycles. The van der Waals surface area contributed by atoms with Gasteiger partial charge in [0.2, 0.25) is 0 Å². The average molecular weight is 288 g/mol. The topological polar surface area (TPSA) is 37.8 Å². The highest BCUT2D eigenvalue weighted by molar-refractivity contribution is 7.98. The zero-order chi connectivity index (χ0) is 13.8. The lowest BCUT2D eigenvalue weighted by molar-refractivity contribution is 0.545. The summed E-state index contributed by atoms with van der Waals surface area (Å²) in [7, 11) is 0. The molecule has 1 atom stereocenters. The van der Waals surface area contributed by atoms with Crippen LogP contribution in [-0.2, 0) is 5.41 Å². The van der Waals surface area contributed by atoms with Gasteiger partial charge >= 0.3 is 0 Å². The van der Waals surface area contributed by atoms with E-state index in [-0.39, 0.29) is 5.41 Å². The van der Waals surface area contributed by atoms with E-state index in [4.69, 9.17) is 11.6 Å². The van der Waals surface area contributed by atoms with Gasteiger partial charge in [0.25, 0.3) is 0 Å². The molecular formula is C13H22ClN3S. The molecule has 0 radical (unpaired) electrons. The summed E-state index contributed by atoms with van der Waals surface area (Å²) < 4.78 is 0. The van der Waals surface area contributed by atoms with Crippen molar-refractivity contribution in [2.24, 2.45) is 0 Å². The van der Waals surface area contributed by atoms with E-state index in [1.807, 2.05) is 11.8 Å². The molecule has 1 aromatic rings. The van der Waals surface area contributed by atoms with Crippen LogP contribution in [0, 0.1) is 0 Å². The number of hydrogen-bond acceptors (Lipinski definition) is 4. The third kappa shape index (κ3) is 5.02. The fraction of sp³-hybridized carbons (Fsp3) is 0.692. The quantitative estimate of drug-likeness (QED) is 0.831. The number of rotatable bonds is 5. The van der Waals surface area contributed by atoms with Crippen molar-refractivity contribution < 1.29 is 0 Å². The number of thioether (sulfide) groups is 1. The number of anilines is 1. The number of hydrogen-bond donors (Lipinski definition) is 1. The van der Waals surface area contributed by atoms with Crippen LogP contribution in [0.1, 0.15) is 39.9 Å². The zero-order valence-corrected chi connectivity index (χ0v) is 13.3. The minimum atomic E-state index is -0.0934. The summed E-state index contributed by atoms with van der Waals surface area (Å²) in [5.41, 5.74) is -0.0934. The van der Waals surface area contributed by atoms with Crippen LogP contribution in [-0.4, -0.2) is 28.0 Å². The lowest BCUT2D eigenvalue weighted by Gasteiger charge is -2.19. The second-order valence-corrected chi connectivity index (χ2v) is 6.85. The molecule has 0 fully saturated rings. The Kier molecular flexibility index (Phi) is 5.73. The van der Waals surface area contributed by atoms with E-state index in [0.717, 1.165) is 23.8 Å². The van der Waals surface area contributed by atoms with Crippen molar-refractivity contribution in [1.29, 1.82) is 0 Å². The lowest BCUT2D eigenvalue weighted by Crippen LogP contribution is -2.21. The van der Waals surface area contributed by atoms with E-state index in [9.17, 15) is 0 Å². The highest BCUT2D eigenvalue weighted by atomic mass is 35.5. The molecule has 1 aromatic heterocycles. The Balaban J connectivity index is 2.80. The van der Waals surface area contributed by atoms with Crippen LogP contribution < -0.4 is 5.32 Å². The van der Waals surface area contributed by atoms with Gasteiger partial charge in [0, 0.05) is 17.5 Å². The van der Waals surface area contributed by atoms with E-state index in [2.05, 4.69) is 49.2 Å². The minimum Gasteiger partial charge on any atom is -0.367 e. The van der Waals surface area contributed by atoms with Crippen molar-refractivity contribution in [2.45, 2.75) is 45.6 Å². The van der Waals surface area contributed by atoms with Gasteiger partial charge in [-0.05, 0) is 25.4 Å². The molecule has 0 saturated carbocycles. The van der Waals surface area contributed by atoms with Crippen molar-refractivity contribution >= 4 is 29.2 Å². The molecule has 3 nitrogen and oxygen atoms in total. The molecule has 18 heavy (non-hydrogen) atoms. The molecule has 0 aromatic carbocycles. The number of nitrogens with one attached hydrogen (secondary N) is 1. The molecule has 0 bridgehead atoms. The van der Waals surface area contributed by atoms with Gasteiger partial charge in [0.1, 0.15) is 16.8 Å². The summed E-state index contributed by atoms with van der Waals surface area (Å²) in [4.78, 5) is 8.82. The third-order valence-corrected chi connectivity index (χ3v) is 3.35. The van der Waals surface area contributed by atoms with Crippen LogP contribution in [0.5, 0.6) is 0 Å². The van der Waals surface area contributed by atoms with Crippen molar-refractivity contribution in [3.8, 4) is 0 Å². The normalized spacial score (nSPS) is 13.4. The third-order valence-electron chi connectivity index (χ3n) is 2.51. The zero-order valence-electron chi connectivity index (χ0n) is 11.7. The van der Waals surface area contributed by atoms with Gasteiger partial charge < -0.3 is 5.32 Å². The monoisotopic (exact) mass is 287 g/mol. The van der Waals surface area contributed by atoms with Crippen LogP contribution in [0.3, 0.4) is 0 Å². The lowest BCUT2D eigenvalue weighted by atomic mass is 9.96. The molecule has 1 unspecified atom stereocenters. The maximum Gasteiger partial charge on any atom is 0.137 e. The Morgan fingerprint density at radius 2 is 2.06 bits per heavy atom. The van der Waals surface area contributed by atoms with Crippen LogP contribution in [0.25, 0.3) is 0 Å². The Hall–Kier alpha value is -0.480. The maximum atomic E-state index is 6.05. The molecule has 5 heteroatoms. The predicted molar refractivity (Wildman–Crippen MR) is 81.8 cm³/mol. The van der Waals surface area contributed by atoms with Crippen LogP contribution in [0.15, 0.2) is 6.07 Å². The molecular weight excluding hydrogens is 266 g/mol. The SMILES string of the molecule is CSCCC(C)Nc1cc(Cl)nc(C(C)(C)C)n1. The predicted octanol–water partition coefficient (Wildman–Crippen LogP) is 3.98. The van der Waals surface area contributed by atoms with Crippen molar-refractivity contribution in [1.82, 2.24) is 9.97 Å². The minimum absolute atomic E-state index is 0.0934. The van der Waals surface area contributed by atoms with E-state index in [1.165, 1.54) is 0 Å². The average Bonchev–Trinajstić information content (AvgIpc) is 2.24. The van der Waals surface area contributed by atoms with Gasteiger partial charge in [-0.15, -0.1) is 0 Å². The standard InChI is InChI=1S/C13H22ClN3S/c1-9(6-7-18-5)15-11-8-10(14)16-12(17-11)13(2,3)4/h8-9H,6-7H2,1-5H3,(H,15,16,17). The largest absolute Gasteiger partial charge is 0.367 e. The first-order valence-corrected chi connectivity index (χ1v) is 7.90. The summed E-state index contributed by atoms with van der Waals surface area (Å²) in [5, 5.41) is 3.88. The first-order chi connectivity index (χ1) is 8.32. The molecule has 102 valence electrons. The molecule has 0 aliphatic heterocycles. The Morgan fingerprint density at radius 3 is 2.61 bits per heavy atom. The summed E-state index contributed by atoms with van der Waals surface area (Å²) in [6.45, 7) is 8.40. The fourth-order valence-electron chi connectivity index (χ4n) is 1.45. The molecule has 0 aliphatic rings. The van der Waals surface area contributed by atoms with E-state index >= 15 is 0 Å².